The summed E-state index contributed by atoms with van der Waals surface area (Å²) in [7, 11) is 3.23. The molecule has 1 aromatic carbocycles. The summed E-state index contributed by atoms with van der Waals surface area (Å²) >= 11 is 0. The van der Waals surface area contributed by atoms with Crippen molar-refractivity contribution in [1.82, 2.24) is 5.32 Å². The molecule has 0 saturated carbocycles. The average molecular weight is 239 g/mol. The summed E-state index contributed by atoms with van der Waals surface area (Å²) in [5.41, 5.74) is 1.18. The fourth-order valence-corrected chi connectivity index (χ4v) is 1.47. The molecule has 0 aromatic heterocycles. The largest absolute Gasteiger partial charge is 0.493 e. The maximum absolute atomic E-state index is 5.39. The van der Waals surface area contributed by atoms with Gasteiger partial charge in [-0.2, -0.15) is 0 Å². The molecular formula is C13H21NO3. The summed E-state index contributed by atoms with van der Waals surface area (Å²) in [4.78, 5) is 0. The highest BCUT2D eigenvalue weighted by Crippen LogP contribution is 2.27. The van der Waals surface area contributed by atoms with Crippen LogP contribution in [0, 0.1) is 0 Å². The van der Waals surface area contributed by atoms with E-state index in [0.29, 0.717) is 5.75 Å². The average Bonchev–Trinajstić information content (AvgIpc) is 2.37. The lowest BCUT2D eigenvalue weighted by atomic mass is 10.2. The zero-order chi connectivity index (χ0) is 12.5. The van der Waals surface area contributed by atoms with Gasteiger partial charge in [0, 0.05) is 13.7 Å². The molecule has 96 valence electrons. The van der Waals surface area contributed by atoms with Gasteiger partial charge in [0.2, 0.25) is 0 Å². The molecule has 0 fully saturated rings. The second-order valence-electron chi connectivity index (χ2n) is 3.71. The predicted molar refractivity (Wildman–Crippen MR) is 67.5 cm³/mol. The second kappa shape index (κ2) is 7.92. The Morgan fingerprint density at radius 3 is 2.65 bits per heavy atom. The Bertz CT molecular complexity index is 328. The Balaban J connectivity index is 2.63. The van der Waals surface area contributed by atoms with Crippen LogP contribution in [0.15, 0.2) is 18.2 Å². The van der Waals surface area contributed by atoms with Crippen molar-refractivity contribution in [1.29, 1.82) is 0 Å². The van der Waals surface area contributed by atoms with Crippen LogP contribution in [0.5, 0.6) is 11.5 Å². The van der Waals surface area contributed by atoms with Gasteiger partial charge in [-0.25, -0.2) is 0 Å². The summed E-state index contributed by atoms with van der Waals surface area (Å²) in [5, 5.41) is 3.34. The minimum atomic E-state index is 0.226. The minimum Gasteiger partial charge on any atom is -0.493 e. The Labute approximate surface area is 103 Å². The van der Waals surface area contributed by atoms with E-state index in [1.165, 1.54) is 5.56 Å². The maximum atomic E-state index is 5.39. The van der Waals surface area contributed by atoms with E-state index >= 15 is 0 Å². The smallest absolute Gasteiger partial charge is 0.188 e. The molecule has 0 radical (unpaired) electrons. The number of ether oxygens (including phenoxy) is 3. The first-order valence-electron chi connectivity index (χ1n) is 5.81. The van der Waals surface area contributed by atoms with E-state index in [-0.39, 0.29) is 6.79 Å². The van der Waals surface area contributed by atoms with Crippen molar-refractivity contribution < 1.29 is 14.2 Å². The van der Waals surface area contributed by atoms with Gasteiger partial charge in [-0.15, -0.1) is 0 Å². The van der Waals surface area contributed by atoms with E-state index in [9.17, 15) is 0 Å². The van der Waals surface area contributed by atoms with Crippen LogP contribution in [0.4, 0.5) is 0 Å². The number of hydrogen-bond acceptors (Lipinski definition) is 4. The molecular weight excluding hydrogens is 218 g/mol. The minimum absolute atomic E-state index is 0.226. The summed E-state index contributed by atoms with van der Waals surface area (Å²) in [6.45, 7) is 4.23. The number of hydrogen-bond donors (Lipinski definition) is 1. The molecule has 1 rings (SSSR count). The molecule has 0 aliphatic carbocycles. The fourth-order valence-electron chi connectivity index (χ4n) is 1.47. The summed E-state index contributed by atoms with van der Waals surface area (Å²) < 4.78 is 15.5. The van der Waals surface area contributed by atoms with Crippen LogP contribution in [-0.4, -0.2) is 27.6 Å². The van der Waals surface area contributed by atoms with E-state index in [1.807, 2.05) is 18.2 Å². The number of rotatable bonds is 8. The maximum Gasteiger partial charge on any atom is 0.188 e. The third kappa shape index (κ3) is 4.63. The number of nitrogens with one attached hydrogen (secondary N) is 1. The summed E-state index contributed by atoms with van der Waals surface area (Å²) in [5.74, 6) is 1.44. The van der Waals surface area contributed by atoms with Gasteiger partial charge < -0.3 is 19.5 Å². The molecule has 4 nitrogen and oxygen atoms in total. The van der Waals surface area contributed by atoms with Crippen molar-refractivity contribution in [2.75, 3.05) is 27.6 Å². The van der Waals surface area contributed by atoms with Crippen molar-refractivity contribution in [2.45, 2.75) is 19.9 Å². The normalized spacial score (nSPS) is 10.3. The van der Waals surface area contributed by atoms with Crippen molar-refractivity contribution in [3.8, 4) is 11.5 Å². The molecule has 0 amide bonds. The molecule has 0 aliphatic rings. The van der Waals surface area contributed by atoms with Crippen LogP contribution in [-0.2, 0) is 11.3 Å². The first-order valence-corrected chi connectivity index (χ1v) is 5.81. The van der Waals surface area contributed by atoms with Gasteiger partial charge in [0.1, 0.15) is 0 Å². The van der Waals surface area contributed by atoms with Crippen molar-refractivity contribution in [3.63, 3.8) is 0 Å². The molecule has 17 heavy (non-hydrogen) atoms. The first-order chi connectivity index (χ1) is 8.31. The van der Waals surface area contributed by atoms with Gasteiger partial charge in [-0.05, 0) is 30.7 Å². The second-order valence-corrected chi connectivity index (χ2v) is 3.71. The van der Waals surface area contributed by atoms with E-state index in [2.05, 4.69) is 12.2 Å². The molecule has 4 heteroatoms. The first kappa shape index (κ1) is 13.8. The molecule has 1 aromatic rings. The van der Waals surface area contributed by atoms with E-state index in [0.717, 1.165) is 25.3 Å². The van der Waals surface area contributed by atoms with Gasteiger partial charge in [0.25, 0.3) is 0 Å². The standard InChI is InChI=1S/C13H21NO3/c1-4-7-14-9-11-5-6-12(17-10-15-2)13(8-11)16-3/h5-6,8,14H,4,7,9-10H2,1-3H3. The van der Waals surface area contributed by atoms with Gasteiger partial charge in [0.05, 0.1) is 7.11 Å². The summed E-state index contributed by atoms with van der Waals surface area (Å²) in [6, 6.07) is 5.91. The van der Waals surface area contributed by atoms with Gasteiger partial charge >= 0.3 is 0 Å². The molecule has 0 bridgehead atoms. The van der Waals surface area contributed by atoms with Gasteiger partial charge in [0.15, 0.2) is 18.3 Å². The van der Waals surface area contributed by atoms with Crippen LogP contribution >= 0.6 is 0 Å². The molecule has 0 saturated heterocycles. The van der Waals surface area contributed by atoms with Gasteiger partial charge in [-0.1, -0.05) is 13.0 Å². The van der Waals surface area contributed by atoms with E-state index in [4.69, 9.17) is 14.2 Å². The third-order valence-corrected chi connectivity index (χ3v) is 2.32. The van der Waals surface area contributed by atoms with E-state index < -0.39 is 0 Å². The van der Waals surface area contributed by atoms with Crippen LogP contribution in [0.25, 0.3) is 0 Å². The monoisotopic (exact) mass is 239 g/mol. The Morgan fingerprint density at radius 2 is 2.00 bits per heavy atom. The zero-order valence-electron chi connectivity index (χ0n) is 10.8. The topological polar surface area (TPSA) is 39.7 Å². The highest BCUT2D eigenvalue weighted by atomic mass is 16.7. The predicted octanol–water partition coefficient (Wildman–Crippen LogP) is 2.18. The zero-order valence-corrected chi connectivity index (χ0v) is 10.8. The quantitative estimate of drug-likeness (QED) is 0.557. The van der Waals surface area contributed by atoms with Crippen LogP contribution in [0.3, 0.4) is 0 Å². The molecule has 0 unspecified atom stereocenters. The van der Waals surface area contributed by atoms with E-state index in [1.54, 1.807) is 14.2 Å². The lowest BCUT2D eigenvalue weighted by Gasteiger charge is -2.11. The molecule has 1 N–H and O–H groups in total. The Morgan fingerprint density at radius 1 is 1.18 bits per heavy atom. The van der Waals surface area contributed by atoms with Crippen LogP contribution < -0.4 is 14.8 Å². The van der Waals surface area contributed by atoms with Crippen LogP contribution in [0.1, 0.15) is 18.9 Å². The number of methoxy groups -OCH3 is 2. The molecule has 0 spiro atoms. The molecule has 0 atom stereocenters. The highest BCUT2D eigenvalue weighted by molar-refractivity contribution is 5.42. The fraction of sp³-hybridized carbons (Fsp3) is 0.538. The lowest BCUT2D eigenvalue weighted by molar-refractivity contribution is 0.0491. The summed E-state index contributed by atoms with van der Waals surface area (Å²) in [6.07, 6.45) is 1.13. The Kier molecular flexibility index (Phi) is 6.43. The van der Waals surface area contributed by atoms with Crippen molar-refractivity contribution >= 4 is 0 Å². The lowest BCUT2D eigenvalue weighted by Crippen LogP contribution is -2.13. The SMILES string of the molecule is CCCNCc1ccc(OCOC)c(OC)c1. The van der Waals surface area contributed by atoms with Crippen LogP contribution in [0.2, 0.25) is 0 Å². The third-order valence-electron chi connectivity index (χ3n) is 2.32. The van der Waals surface area contributed by atoms with Gasteiger partial charge in [-0.3, -0.25) is 0 Å². The molecule has 0 aliphatic heterocycles. The van der Waals surface area contributed by atoms with Crippen molar-refractivity contribution in [2.24, 2.45) is 0 Å². The molecule has 0 heterocycles. The number of benzene rings is 1. The highest BCUT2D eigenvalue weighted by Gasteiger charge is 2.05. The van der Waals surface area contributed by atoms with Crippen molar-refractivity contribution in [3.05, 3.63) is 23.8 Å². The Hall–Kier alpha value is -1.26.